The number of benzene rings is 1. The average Bonchev–Trinajstić information content (AvgIpc) is 2.32. The standard InChI is InChI=1S/C14H23FN2O/c1-3-8-16-9-13(18)11-17(2)10-12-6-4-5-7-14(12)15/h4-7,13,16,18H,3,8-11H2,1-2H3. The van der Waals surface area contributed by atoms with Gasteiger partial charge in [0.05, 0.1) is 6.10 Å². The number of aliphatic hydroxyl groups is 1. The second kappa shape index (κ2) is 8.19. The summed E-state index contributed by atoms with van der Waals surface area (Å²) in [6, 6.07) is 6.74. The zero-order chi connectivity index (χ0) is 13.4. The van der Waals surface area contributed by atoms with Crippen molar-refractivity contribution in [2.45, 2.75) is 26.0 Å². The van der Waals surface area contributed by atoms with E-state index in [9.17, 15) is 9.50 Å². The number of halogens is 1. The Hall–Kier alpha value is -0.970. The van der Waals surface area contributed by atoms with E-state index in [1.54, 1.807) is 12.1 Å². The number of aliphatic hydroxyl groups excluding tert-OH is 1. The van der Waals surface area contributed by atoms with E-state index in [1.165, 1.54) is 6.07 Å². The monoisotopic (exact) mass is 254 g/mol. The van der Waals surface area contributed by atoms with Crippen LogP contribution in [-0.2, 0) is 6.54 Å². The lowest BCUT2D eigenvalue weighted by molar-refractivity contribution is 0.121. The molecule has 0 aliphatic rings. The van der Waals surface area contributed by atoms with Crippen LogP contribution in [0.5, 0.6) is 0 Å². The molecule has 0 radical (unpaired) electrons. The van der Waals surface area contributed by atoms with Crippen LogP contribution in [0.2, 0.25) is 0 Å². The Morgan fingerprint density at radius 1 is 1.39 bits per heavy atom. The van der Waals surface area contributed by atoms with Gasteiger partial charge in [-0.2, -0.15) is 0 Å². The van der Waals surface area contributed by atoms with Crippen molar-refractivity contribution >= 4 is 0 Å². The van der Waals surface area contributed by atoms with E-state index in [1.807, 2.05) is 18.0 Å². The van der Waals surface area contributed by atoms with Crippen molar-refractivity contribution in [2.75, 3.05) is 26.7 Å². The molecule has 102 valence electrons. The summed E-state index contributed by atoms with van der Waals surface area (Å²) in [6.45, 7) is 4.62. The predicted octanol–water partition coefficient (Wildman–Crippen LogP) is 1.62. The van der Waals surface area contributed by atoms with Gasteiger partial charge in [-0.25, -0.2) is 4.39 Å². The molecule has 0 aliphatic heterocycles. The van der Waals surface area contributed by atoms with Crippen LogP contribution in [0, 0.1) is 5.82 Å². The van der Waals surface area contributed by atoms with Gasteiger partial charge in [0.25, 0.3) is 0 Å². The van der Waals surface area contributed by atoms with Crippen molar-refractivity contribution < 1.29 is 9.50 Å². The molecule has 4 heteroatoms. The fourth-order valence-corrected chi connectivity index (χ4v) is 1.85. The molecule has 2 N–H and O–H groups in total. The highest BCUT2D eigenvalue weighted by atomic mass is 19.1. The second-order valence-electron chi connectivity index (χ2n) is 4.65. The minimum absolute atomic E-state index is 0.192. The Bertz CT molecular complexity index is 346. The molecular weight excluding hydrogens is 231 g/mol. The molecule has 0 aliphatic carbocycles. The molecule has 1 atom stereocenters. The van der Waals surface area contributed by atoms with Crippen LogP contribution in [0.1, 0.15) is 18.9 Å². The van der Waals surface area contributed by atoms with Crippen molar-refractivity contribution in [3.8, 4) is 0 Å². The molecule has 0 fully saturated rings. The molecule has 1 unspecified atom stereocenters. The Balaban J connectivity index is 2.33. The number of likely N-dealkylation sites (N-methyl/N-ethyl adjacent to an activating group) is 1. The molecule has 1 aromatic rings. The quantitative estimate of drug-likeness (QED) is 0.692. The van der Waals surface area contributed by atoms with Crippen LogP contribution >= 0.6 is 0 Å². The first-order valence-electron chi connectivity index (χ1n) is 6.44. The van der Waals surface area contributed by atoms with Crippen molar-refractivity contribution in [1.82, 2.24) is 10.2 Å². The molecule has 0 amide bonds. The van der Waals surface area contributed by atoms with E-state index in [-0.39, 0.29) is 5.82 Å². The minimum atomic E-state index is -0.423. The Morgan fingerprint density at radius 2 is 2.11 bits per heavy atom. The normalized spacial score (nSPS) is 12.9. The second-order valence-corrected chi connectivity index (χ2v) is 4.65. The lowest BCUT2D eigenvalue weighted by Crippen LogP contribution is -2.36. The van der Waals surface area contributed by atoms with E-state index in [0.29, 0.717) is 25.2 Å². The van der Waals surface area contributed by atoms with Crippen LogP contribution in [0.4, 0.5) is 4.39 Å². The average molecular weight is 254 g/mol. The highest BCUT2D eigenvalue weighted by Crippen LogP contribution is 2.08. The minimum Gasteiger partial charge on any atom is -0.390 e. The third-order valence-corrected chi connectivity index (χ3v) is 2.73. The zero-order valence-corrected chi connectivity index (χ0v) is 11.2. The van der Waals surface area contributed by atoms with Crippen LogP contribution in [0.15, 0.2) is 24.3 Å². The van der Waals surface area contributed by atoms with Crippen molar-refractivity contribution in [2.24, 2.45) is 0 Å². The third-order valence-electron chi connectivity index (χ3n) is 2.73. The first-order chi connectivity index (χ1) is 8.63. The van der Waals surface area contributed by atoms with E-state index in [2.05, 4.69) is 12.2 Å². The molecular formula is C14H23FN2O. The molecule has 0 saturated carbocycles. The highest BCUT2D eigenvalue weighted by molar-refractivity contribution is 5.16. The first-order valence-corrected chi connectivity index (χ1v) is 6.44. The number of nitrogens with one attached hydrogen (secondary N) is 1. The van der Waals surface area contributed by atoms with Crippen molar-refractivity contribution in [1.29, 1.82) is 0 Å². The van der Waals surface area contributed by atoms with E-state index >= 15 is 0 Å². The van der Waals surface area contributed by atoms with Gasteiger partial charge in [0.1, 0.15) is 5.82 Å². The van der Waals surface area contributed by atoms with Crippen LogP contribution in [0.25, 0.3) is 0 Å². The maximum absolute atomic E-state index is 13.4. The molecule has 18 heavy (non-hydrogen) atoms. The molecule has 0 spiro atoms. The summed E-state index contributed by atoms with van der Waals surface area (Å²) in [7, 11) is 1.88. The van der Waals surface area contributed by atoms with Gasteiger partial charge in [0, 0.05) is 25.2 Å². The van der Waals surface area contributed by atoms with Gasteiger partial charge in [-0.05, 0) is 26.1 Å². The lowest BCUT2D eigenvalue weighted by atomic mass is 10.2. The molecule has 0 heterocycles. The number of hydrogen-bond acceptors (Lipinski definition) is 3. The SMILES string of the molecule is CCCNCC(O)CN(C)Cc1ccccc1F. The predicted molar refractivity (Wildman–Crippen MR) is 71.9 cm³/mol. The van der Waals surface area contributed by atoms with Crippen molar-refractivity contribution in [3.63, 3.8) is 0 Å². The molecule has 0 aromatic heterocycles. The maximum atomic E-state index is 13.4. The molecule has 1 aromatic carbocycles. The maximum Gasteiger partial charge on any atom is 0.127 e. The Labute approximate surface area is 109 Å². The van der Waals surface area contributed by atoms with Crippen LogP contribution < -0.4 is 5.32 Å². The van der Waals surface area contributed by atoms with Gasteiger partial charge < -0.3 is 10.4 Å². The lowest BCUT2D eigenvalue weighted by Gasteiger charge is -2.21. The summed E-state index contributed by atoms with van der Waals surface area (Å²) in [5, 5.41) is 13.0. The van der Waals surface area contributed by atoms with E-state index in [4.69, 9.17) is 0 Å². The summed E-state index contributed by atoms with van der Waals surface area (Å²) in [4.78, 5) is 1.93. The number of hydrogen-bond donors (Lipinski definition) is 2. The van der Waals surface area contributed by atoms with Gasteiger partial charge >= 0.3 is 0 Å². The van der Waals surface area contributed by atoms with Gasteiger partial charge in [-0.3, -0.25) is 4.90 Å². The number of nitrogens with zero attached hydrogens (tertiary/aromatic N) is 1. The van der Waals surface area contributed by atoms with Crippen LogP contribution in [-0.4, -0.2) is 42.8 Å². The molecule has 3 nitrogen and oxygen atoms in total. The number of rotatable bonds is 8. The molecule has 0 saturated heterocycles. The smallest absolute Gasteiger partial charge is 0.127 e. The highest BCUT2D eigenvalue weighted by Gasteiger charge is 2.09. The summed E-state index contributed by atoms with van der Waals surface area (Å²) in [5.41, 5.74) is 0.661. The fourth-order valence-electron chi connectivity index (χ4n) is 1.85. The largest absolute Gasteiger partial charge is 0.390 e. The fraction of sp³-hybridized carbons (Fsp3) is 0.571. The topological polar surface area (TPSA) is 35.5 Å². The molecule has 0 bridgehead atoms. The van der Waals surface area contributed by atoms with Gasteiger partial charge in [0.15, 0.2) is 0 Å². The molecule has 1 rings (SSSR count). The summed E-state index contributed by atoms with van der Waals surface area (Å²) in [5.74, 6) is -0.192. The first kappa shape index (κ1) is 15.1. The van der Waals surface area contributed by atoms with Gasteiger partial charge in [-0.15, -0.1) is 0 Å². The van der Waals surface area contributed by atoms with E-state index < -0.39 is 6.10 Å². The third kappa shape index (κ3) is 5.58. The zero-order valence-electron chi connectivity index (χ0n) is 11.2. The van der Waals surface area contributed by atoms with Gasteiger partial charge in [0.2, 0.25) is 0 Å². The summed E-state index contributed by atoms with van der Waals surface area (Å²) >= 11 is 0. The van der Waals surface area contributed by atoms with Crippen LogP contribution in [0.3, 0.4) is 0 Å². The summed E-state index contributed by atoms with van der Waals surface area (Å²) in [6.07, 6.45) is 0.631. The van der Waals surface area contributed by atoms with Crippen molar-refractivity contribution in [3.05, 3.63) is 35.6 Å². The van der Waals surface area contributed by atoms with Gasteiger partial charge in [-0.1, -0.05) is 25.1 Å². The van der Waals surface area contributed by atoms with E-state index in [0.717, 1.165) is 13.0 Å². The Kier molecular flexibility index (Phi) is 6.86. The summed E-state index contributed by atoms with van der Waals surface area (Å²) < 4.78 is 13.4. The Morgan fingerprint density at radius 3 is 2.78 bits per heavy atom.